The lowest BCUT2D eigenvalue weighted by Gasteiger charge is -2.41. The SMILES string of the molecule is C=CC1=C(C)c2ccccc2C1N(C(=O)OC)[C@H]1CC(=O)N[C@]1(C)CC(=O)O. The number of amides is 2. The van der Waals surface area contributed by atoms with Gasteiger partial charge in [-0.3, -0.25) is 14.5 Å². The normalized spacial score (nSPS) is 25.9. The van der Waals surface area contributed by atoms with Gasteiger partial charge in [-0.1, -0.05) is 36.9 Å². The van der Waals surface area contributed by atoms with E-state index < -0.39 is 29.7 Å². The number of carbonyl (C=O) groups is 3. The predicted molar refractivity (Wildman–Crippen MR) is 103 cm³/mol. The number of allylic oxidation sites excluding steroid dienone is 1. The number of carboxylic acid groups (broad SMARTS) is 1. The van der Waals surface area contributed by atoms with Crippen molar-refractivity contribution >= 4 is 23.5 Å². The lowest BCUT2D eigenvalue weighted by atomic mass is 9.87. The molecular weight excluding hydrogens is 360 g/mol. The molecule has 1 fully saturated rings. The Bertz CT molecular complexity index is 891. The van der Waals surface area contributed by atoms with Crippen molar-refractivity contribution in [2.75, 3.05) is 7.11 Å². The van der Waals surface area contributed by atoms with Crippen molar-refractivity contribution < 1.29 is 24.2 Å². The molecule has 2 amide bonds. The maximum Gasteiger partial charge on any atom is 0.410 e. The van der Waals surface area contributed by atoms with Crippen LogP contribution in [0.4, 0.5) is 4.79 Å². The molecule has 0 aromatic heterocycles. The number of methoxy groups -OCH3 is 1. The minimum atomic E-state index is -1.12. The molecule has 7 nitrogen and oxygen atoms in total. The highest BCUT2D eigenvalue weighted by atomic mass is 16.5. The predicted octanol–water partition coefficient (Wildman–Crippen LogP) is 2.89. The van der Waals surface area contributed by atoms with Gasteiger partial charge in [0.05, 0.1) is 31.2 Å². The maximum absolute atomic E-state index is 12.9. The Morgan fingerprint density at radius 1 is 1.43 bits per heavy atom. The van der Waals surface area contributed by atoms with E-state index in [1.807, 2.05) is 31.2 Å². The van der Waals surface area contributed by atoms with Crippen molar-refractivity contribution in [3.63, 3.8) is 0 Å². The monoisotopic (exact) mass is 384 g/mol. The molecule has 1 aliphatic carbocycles. The topological polar surface area (TPSA) is 95.9 Å². The molecule has 28 heavy (non-hydrogen) atoms. The van der Waals surface area contributed by atoms with Crippen molar-refractivity contribution in [3.05, 3.63) is 53.6 Å². The van der Waals surface area contributed by atoms with Gasteiger partial charge in [0.15, 0.2) is 0 Å². The van der Waals surface area contributed by atoms with Crippen molar-refractivity contribution in [2.45, 2.75) is 44.3 Å². The van der Waals surface area contributed by atoms with Crippen LogP contribution >= 0.6 is 0 Å². The number of nitrogens with zero attached hydrogens (tertiary/aromatic N) is 1. The number of ether oxygens (including phenoxy) is 1. The first-order valence-corrected chi connectivity index (χ1v) is 9.05. The van der Waals surface area contributed by atoms with E-state index in [2.05, 4.69) is 11.9 Å². The Kier molecular flexibility index (Phi) is 5.02. The molecule has 7 heteroatoms. The molecule has 1 saturated heterocycles. The molecule has 0 bridgehead atoms. The summed E-state index contributed by atoms with van der Waals surface area (Å²) < 4.78 is 5.06. The average molecular weight is 384 g/mol. The van der Waals surface area contributed by atoms with Gasteiger partial charge in [0.25, 0.3) is 0 Å². The summed E-state index contributed by atoms with van der Waals surface area (Å²) in [4.78, 5) is 38.1. The maximum atomic E-state index is 12.9. The van der Waals surface area contributed by atoms with Crippen molar-refractivity contribution in [2.24, 2.45) is 0 Å². The summed E-state index contributed by atoms with van der Waals surface area (Å²) in [5, 5.41) is 12.1. The van der Waals surface area contributed by atoms with Gasteiger partial charge in [0.2, 0.25) is 5.91 Å². The molecule has 0 saturated carbocycles. The molecule has 148 valence electrons. The molecule has 1 heterocycles. The van der Waals surface area contributed by atoms with Crippen molar-refractivity contribution in [1.82, 2.24) is 10.2 Å². The summed E-state index contributed by atoms with van der Waals surface area (Å²) in [6.45, 7) is 7.52. The summed E-state index contributed by atoms with van der Waals surface area (Å²) in [5.41, 5.74) is 2.60. The van der Waals surface area contributed by atoms with Gasteiger partial charge in [0.1, 0.15) is 0 Å². The molecule has 2 N–H and O–H groups in total. The molecule has 1 unspecified atom stereocenters. The molecule has 3 rings (SSSR count). The fraction of sp³-hybridized carbons (Fsp3) is 0.381. The first-order valence-electron chi connectivity index (χ1n) is 9.05. The highest BCUT2D eigenvalue weighted by Crippen LogP contribution is 2.47. The highest BCUT2D eigenvalue weighted by Gasteiger charge is 2.52. The van der Waals surface area contributed by atoms with Crippen molar-refractivity contribution in [3.8, 4) is 0 Å². The third-order valence-corrected chi connectivity index (χ3v) is 5.66. The number of fused-ring (bicyclic) bond motifs is 1. The van der Waals surface area contributed by atoms with Crippen LogP contribution in [0.15, 0.2) is 42.5 Å². The van der Waals surface area contributed by atoms with E-state index in [0.717, 1.165) is 22.3 Å². The van der Waals surface area contributed by atoms with E-state index in [1.54, 1.807) is 13.0 Å². The Morgan fingerprint density at radius 2 is 2.11 bits per heavy atom. The lowest BCUT2D eigenvalue weighted by molar-refractivity contribution is -0.139. The zero-order chi connectivity index (χ0) is 20.6. The number of carbonyl (C=O) groups excluding carboxylic acids is 2. The van der Waals surface area contributed by atoms with Crippen LogP contribution < -0.4 is 5.32 Å². The van der Waals surface area contributed by atoms with E-state index >= 15 is 0 Å². The van der Waals surface area contributed by atoms with E-state index in [-0.39, 0.29) is 18.7 Å². The van der Waals surface area contributed by atoms with Gasteiger partial charge in [-0.15, -0.1) is 0 Å². The van der Waals surface area contributed by atoms with Gasteiger partial charge in [0, 0.05) is 6.42 Å². The molecule has 2 aliphatic rings. The summed E-state index contributed by atoms with van der Waals surface area (Å²) >= 11 is 0. The van der Waals surface area contributed by atoms with Crippen LogP contribution in [-0.4, -0.2) is 46.7 Å². The van der Waals surface area contributed by atoms with Crippen LogP contribution in [0.5, 0.6) is 0 Å². The zero-order valence-corrected chi connectivity index (χ0v) is 16.2. The fourth-order valence-electron chi connectivity index (χ4n) is 4.42. The summed E-state index contributed by atoms with van der Waals surface area (Å²) in [6.07, 6.45) is 0.777. The standard InChI is InChI=1S/C21H24N2O5/c1-5-13-12(2)14-8-6-7-9-15(14)19(13)23(20(27)28-4)16-10-17(24)22-21(16,3)11-18(25)26/h5-9,16,19H,1,10-11H2,2-4H3,(H,22,24)(H,25,26)/t16-,19?,21+/m0/s1. The van der Waals surface area contributed by atoms with Gasteiger partial charge in [-0.05, 0) is 36.1 Å². The summed E-state index contributed by atoms with van der Waals surface area (Å²) in [7, 11) is 1.28. The second-order valence-corrected chi connectivity index (χ2v) is 7.41. The fourth-order valence-corrected chi connectivity index (χ4v) is 4.42. The molecule has 0 radical (unpaired) electrons. The molecule has 1 aromatic rings. The van der Waals surface area contributed by atoms with E-state index in [4.69, 9.17) is 4.74 Å². The Morgan fingerprint density at radius 3 is 2.71 bits per heavy atom. The second kappa shape index (κ2) is 7.14. The van der Waals surface area contributed by atoms with Crippen LogP contribution in [0.25, 0.3) is 5.57 Å². The highest BCUT2D eigenvalue weighted by molar-refractivity contribution is 5.86. The number of nitrogens with one attached hydrogen (secondary N) is 1. The van der Waals surface area contributed by atoms with Crippen molar-refractivity contribution in [1.29, 1.82) is 0 Å². The number of carboxylic acids is 1. The largest absolute Gasteiger partial charge is 0.481 e. The Balaban J connectivity index is 2.16. The van der Waals surface area contributed by atoms with E-state index in [0.29, 0.717) is 0 Å². The Hall–Kier alpha value is -3.09. The van der Waals surface area contributed by atoms with Gasteiger partial charge in [-0.2, -0.15) is 0 Å². The van der Waals surface area contributed by atoms with E-state index in [1.165, 1.54) is 12.0 Å². The number of benzene rings is 1. The third kappa shape index (κ3) is 3.06. The van der Waals surface area contributed by atoms with Gasteiger partial charge < -0.3 is 15.2 Å². The summed E-state index contributed by atoms with van der Waals surface area (Å²) in [6, 6.07) is 6.50. The third-order valence-electron chi connectivity index (χ3n) is 5.66. The molecular formula is C21H24N2O5. The Labute approximate surface area is 163 Å². The number of hydrogen-bond donors (Lipinski definition) is 2. The van der Waals surface area contributed by atoms with Gasteiger partial charge in [-0.25, -0.2) is 4.79 Å². The van der Waals surface area contributed by atoms with Gasteiger partial charge >= 0.3 is 12.1 Å². The van der Waals surface area contributed by atoms with Crippen LogP contribution in [0, 0.1) is 0 Å². The van der Waals surface area contributed by atoms with Crippen LogP contribution in [0.1, 0.15) is 43.9 Å². The lowest BCUT2D eigenvalue weighted by Crippen LogP contribution is -2.56. The van der Waals surface area contributed by atoms with E-state index in [9.17, 15) is 19.5 Å². The van der Waals surface area contributed by atoms with Crippen LogP contribution in [0.2, 0.25) is 0 Å². The smallest absolute Gasteiger partial charge is 0.410 e. The summed E-state index contributed by atoms with van der Waals surface area (Å²) in [5.74, 6) is -1.35. The molecule has 0 spiro atoms. The zero-order valence-electron chi connectivity index (χ0n) is 16.2. The molecule has 3 atom stereocenters. The average Bonchev–Trinajstić information content (AvgIpc) is 3.08. The second-order valence-electron chi connectivity index (χ2n) is 7.41. The quantitative estimate of drug-likeness (QED) is 0.814. The first-order chi connectivity index (χ1) is 13.2. The minimum absolute atomic E-state index is 0.00101. The minimum Gasteiger partial charge on any atom is -0.481 e. The number of aliphatic carboxylic acids is 1. The van der Waals surface area contributed by atoms with Crippen LogP contribution in [0.3, 0.4) is 0 Å². The van der Waals surface area contributed by atoms with Crippen LogP contribution in [-0.2, 0) is 14.3 Å². The molecule has 1 aromatic carbocycles. The first kappa shape index (κ1) is 19.7. The number of hydrogen-bond acceptors (Lipinski definition) is 4. The number of rotatable bonds is 5. The molecule has 1 aliphatic heterocycles.